The first kappa shape index (κ1) is 27.6. The van der Waals surface area contributed by atoms with Gasteiger partial charge in [-0.3, -0.25) is 14.4 Å². The Hall–Kier alpha value is -3.42. The minimum absolute atomic E-state index is 0.0937. The lowest BCUT2D eigenvalue weighted by Gasteiger charge is -2.43. The van der Waals surface area contributed by atoms with Gasteiger partial charge >= 0.3 is 0 Å². The van der Waals surface area contributed by atoms with Crippen LogP contribution in [0.2, 0.25) is 0 Å². The molecule has 1 N–H and O–H groups in total. The smallest absolute Gasteiger partial charge is 0.250 e. The van der Waals surface area contributed by atoms with Crippen molar-refractivity contribution >= 4 is 29.1 Å². The second kappa shape index (κ2) is 11.1. The number of anilines is 2. The van der Waals surface area contributed by atoms with Crippen LogP contribution >= 0.6 is 0 Å². The van der Waals surface area contributed by atoms with Crippen molar-refractivity contribution in [3.05, 3.63) is 60.4 Å². The Kier molecular flexibility index (Phi) is 8.09. The van der Waals surface area contributed by atoms with Gasteiger partial charge in [0.15, 0.2) is 0 Å². The van der Waals surface area contributed by atoms with Crippen molar-refractivity contribution in [3.63, 3.8) is 0 Å². The summed E-state index contributed by atoms with van der Waals surface area (Å²) < 4.78 is 13.2. The van der Waals surface area contributed by atoms with Gasteiger partial charge in [0.25, 0.3) is 5.91 Å². The number of nitrogens with zero attached hydrogens (tertiary/aromatic N) is 3. The van der Waals surface area contributed by atoms with Crippen LogP contribution in [0.15, 0.2) is 54.6 Å². The molecule has 7 nitrogen and oxygen atoms in total. The summed E-state index contributed by atoms with van der Waals surface area (Å²) in [5, 5.41) is 2.75. The van der Waals surface area contributed by atoms with Crippen LogP contribution in [0.25, 0.3) is 0 Å². The third-order valence-corrected chi connectivity index (χ3v) is 7.47. The maximum atomic E-state index is 13.9. The van der Waals surface area contributed by atoms with E-state index in [-0.39, 0.29) is 42.2 Å². The highest BCUT2D eigenvalue weighted by Gasteiger charge is 2.54. The summed E-state index contributed by atoms with van der Waals surface area (Å²) in [5.41, 5.74) is 0.765. The molecule has 2 aliphatic heterocycles. The minimum Gasteiger partial charge on any atom is -0.342 e. The first-order valence-electron chi connectivity index (χ1n) is 13.4. The molecule has 204 valence electrons. The van der Waals surface area contributed by atoms with Crippen molar-refractivity contribution in [2.45, 2.75) is 58.9 Å². The molecule has 38 heavy (non-hydrogen) atoms. The SMILES string of the molecule is C[C@H](CC(=O)N1CCC2(CC1)C(=O)N(CC(=O)Nc1ccc(F)cc1)CN2c1ccccc1)CC(C)(C)C. The fourth-order valence-corrected chi connectivity index (χ4v) is 5.90. The van der Waals surface area contributed by atoms with Crippen molar-refractivity contribution < 1.29 is 18.8 Å². The molecule has 0 radical (unpaired) electrons. The average molecular weight is 523 g/mol. The number of halogens is 1. The Morgan fingerprint density at radius 1 is 1.03 bits per heavy atom. The third-order valence-electron chi connectivity index (χ3n) is 7.47. The Morgan fingerprint density at radius 2 is 1.66 bits per heavy atom. The topological polar surface area (TPSA) is 73.0 Å². The predicted octanol–water partition coefficient (Wildman–Crippen LogP) is 4.89. The molecule has 0 aromatic heterocycles. The van der Waals surface area contributed by atoms with Crippen LogP contribution in [0.1, 0.15) is 53.4 Å². The van der Waals surface area contributed by atoms with E-state index in [0.717, 1.165) is 12.1 Å². The molecule has 3 amide bonds. The number of likely N-dealkylation sites (tertiary alicyclic amines) is 1. The molecule has 4 rings (SSSR count). The summed E-state index contributed by atoms with van der Waals surface area (Å²) in [5.74, 6) is -0.378. The number of carbonyl (C=O) groups is 3. The highest BCUT2D eigenvalue weighted by Crippen LogP contribution is 2.40. The molecule has 0 bridgehead atoms. The van der Waals surface area contributed by atoms with E-state index in [1.807, 2.05) is 35.2 Å². The largest absolute Gasteiger partial charge is 0.342 e. The van der Waals surface area contributed by atoms with Crippen LogP contribution in [-0.2, 0) is 14.4 Å². The third kappa shape index (κ3) is 6.34. The summed E-state index contributed by atoms with van der Waals surface area (Å²) in [7, 11) is 0. The number of nitrogens with one attached hydrogen (secondary N) is 1. The van der Waals surface area contributed by atoms with Crippen LogP contribution < -0.4 is 10.2 Å². The molecule has 2 aromatic carbocycles. The molecular weight excluding hydrogens is 483 g/mol. The standard InChI is InChI=1S/C30H39FN4O3/c1-22(19-29(2,3)4)18-27(37)33-16-14-30(15-17-33)28(38)34(21-35(30)25-8-6-5-7-9-25)20-26(36)32-24-12-10-23(31)11-13-24/h5-13,22H,14-21H2,1-4H3,(H,32,36)/t22-/m1/s1. The van der Waals surface area contributed by atoms with Crippen molar-refractivity contribution in [2.75, 3.05) is 36.5 Å². The van der Waals surface area contributed by atoms with E-state index in [4.69, 9.17) is 0 Å². The summed E-state index contributed by atoms with van der Waals surface area (Å²) in [6.07, 6.45) is 2.51. The molecule has 2 fully saturated rings. The first-order chi connectivity index (χ1) is 18.0. The summed E-state index contributed by atoms with van der Waals surface area (Å²) in [6, 6.07) is 15.3. The Morgan fingerprint density at radius 3 is 2.26 bits per heavy atom. The number of hydrogen-bond donors (Lipinski definition) is 1. The van der Waals surface area contributed by atoms with E-state index in [9.17, 15) is 18.8 Å². The number of carbonyl (C=O) groups excluding carboxylic acids is 3. The second-order valence-electron chi connectivity index (χ2n) is 11.9. The number of piperidine rings is 1. The number of para-hydroxylation sites is 1. The van der Waals surface area contributed by atoms with Crippen LogP contribution in [0, 0.1) is 17.2 Å². The summed E-state index contributed by atoms with van der Waals surface area (Å²) >= 11 is 0. The number of hydrogen-bond acceptors (Lipinski definition) is 4. The normalized spacial score (nSPS) is 18.1. The predicted molar refractivity (Wildman–Crippen MR) is 147 cm³/mol. The maximum Gasteiger partial charge on any atom is 0.250 e. The van der Waals surface area contributed by atoms with E-state index in [1.165, 1.54) is 24.3 Å². The quantitative estimate of drug-likeness (QED) is 0.562. The van der Waals surface area contributed by atoms with Gasteiger partial charge in [0.1, 0.15) is 17.9 Å². The lowest BCUT2D eigenvalue weighted by Crippen LogP contribution is -2.57. The van der Waals surface area contributed by atoms with Crippen LogP contribution in [0.3, 0.4) is 0 Å². The maximum absolute atomic E-state index is 13.9. The second-order valence-corrected chi connectivity index (χ2v) is 11.9. The van der Waals surface area contributed by atoms with Crippen molar-refractivity contribution in [1.29, 1.82) is 0 Å². The zero-order chi connectivity index (χ0) is 27.5. The minimum atomic E-state index is -0.800. The zero-order valence-electron chi connectivity index (χ0n) is 22.9. The van der Waals surface area contributed by atoms with Crippen LogP contribution in [0.4, 0.5) is 15.8 Å². The van der Waals surface area contributed by atoms with E-state index in [0.29, 0.717) is 44.0 Å². The molecule has 2 aromatic rings. The Balaban J connectivity index is 1.45. The van der Waals surface area contributed by atoms with Crippen LogP contribution in [-0.4, -0.2) is 59.4 Å². The van der Waals surface area contributed by atoms with Gasteiger partial charge in [-0.25, -0.2) is 4.39 Å². The lowest BCUT2D eigenvalue weighted by molar-refractivity contribution is -0.139. The molecule has 1 atom stereocenters. The molecule has 1 spiro atoms. The Labute approximate surface area is 225 Å². The molecule has 2 aliphatic rings. The van der Waals surface area contributed by atoms with Crippen molar-refractivity contribution in [1.82, 2.24) is 9.80 Å². The monoisotopic (exact) mass is 522 g/mol. The highest BCUT2D eigenvalue weighted by molar-refractivity contribution is 5.99. The summed E-state index contributed by atoms with van der Waals surface area (Å²) in [4.78, 5) is 45.3. The molecule has 8 heteroatoms. The van der Waals surface area contributed by atoms with Gasteiger partial charge in [0, 0.05) is 30.9 Å². The zero-order valence-corrected chi connectivity index (χ0v) is 22.9. The van der Waals surface area contributed by atoms with Crippen molar-refractivity contribution in [2.24, 2.45) is 11.3 Å². The van der Waals surface area contributed by atoms with Gasteiger partial charge < -0.3 is 20.0 Å². The van der Waals surface area contributed by atoms with E-state index < -0.39 is 5.54 Å². The van der Waals surface area contributed by atoms with E-state index >= 15 is 0 Å². The first-order valence-corrected chi connectivity index (χ1v) is 13.4. The Bertz CT molecular complexity index is 1140. The van der Waals surface area contributed by atoms with Gasteiger partial charge in [-0.1, -0.05) is 45.9 Å². The average Bonchev–Trinajstić information content (AvgIpc) is 3.11. The van der Waals surface area contributed by atoms with Gasteiger partial charge in [0.05, 0.1) is 6.67 Å². The molecule has 0 unspecified atom stereocenters. The van der Waals surface area contributed by atoms with Gasteiger partial charge in [0.2, 0.25) is 11.8 Å². The number of benzene rings is 2. The van der Waals surface area contributed by atoms with E-state index in [1.54, 1.807) is 4.90 Å². The van der Waals surface area contributed by atoms with Gasteiger partial charge in [-0.15, -0.1) is 0 Å². The highest BCUT2D eigenvalue weighted by atomic mass is 19.1. The molecular formula is C30H39FN4O3. The fraction of sp³-hybridized carbons (Fsp3) is 0.500. The lowest BCUT2D eigenvalue weighted by atomic mass is 9.83. The van der Waals surface area contributed by atoms with Crippen LogP contribution in [0.5, 0.6) is 0 Å². The molecule has 0 saturated carbocycles. The molecule has 0 aliphatic carbocycles. The number of amides is 3. The van der Waals surface area contributed by atoms with E-state index in [2.05, 4.69) is 37.9 Å². The van der Waals surface area contributed by atoms with Gasteiger partial charge in [-0.05, 0) is 67.0 Å². The molecule has 2 heterocycles. The van der Waals surface area contributed by atoms with Gasteiger partial charge in [-0.2, -0.15) is 0 Å². The number of rotatable bonds is 7. The molecule has 2 saturated heterocycles. The van der Waals surface area contributed by atoms with Crippen molar-refractivity contribution in [3.8, 4) is 0 Å². The fourth-order valence-electron chi connectivity index (χ4n) is 5.90. The summed E-state index contributed by atoms with van der Waals surface area (Å²) in [6.45, 7) is 9.89.